The van der Waals surface area contributed by atoms with Gasteiger partial charge in [-0.2, -0.15) is 5.21 Å². The second-order valence-corrected chi connectivity index (χ2v) is 8.24. The van der Waals surface area contributed by atoms with E-state index in [9.17, 15) is 9.59 Å². The average Bonchev–Trinajstić information content (AvgIpc) is 3.54. The molecule has 3 heterocycles. The molecule has 0 fully saturated rings. The van der Waals surface area contributed by atoms with Crippen molar-refractivity contribution in [2.45, 2.75) is 19.9 Å². The number of aromatic nitrogens is 8. The Bertz CT molecular complexity index is 1660. The summed E-state index contributed by atoms with van der Waals surface area (Å²) in [7, 11) is 3.12. The molecule has 176 valence electrons. The Morgan fingerprint density at radius 2 is 1.71 bits per heavy atom. The van der Waals surface area contributed by atoms with Crippen molar-refractivity contribution in [2.24, 2.45) is 14.1 Å². The lowest BCUT2D eigenvalue weighted by atomic mass is 9.98. The van der Waals surface area contributed by atoms with E-state index in [1.165, 1.54) is 11.6 Å². The maximum Gasteiger partial charge on any atom is 0.332 e. The third-order valence-electron chi connectivity index (χ3n) is 6.08. The second kappa shape index (κ2) is 8.98. The zero-order chi connectivity index (χ0) is 24.5. The molecule has 0 amide bonds. The number of aromatic amines is 1. The van der Waals surface area contributed by atoms with E-state index in [1.807, 2.05) is 72.2 Å². The van der Waals surface area contributed by atoms with E-state index in [2.05, 4.69) is 25.6 Å². The van der Waals surface area contributed by atoms with Crippen molar-refractivity contribution < 1.29 is 0 Å². The summed E-state index contributed by atoms with van der Waals surface area (Å²) in [4.78, 5) is 30.1. The van der Waals surface area contributed by atoms with Crippen LogP contribution in [-0.4, -0.2) is 39.3 Å². The number of hydrogen-bond donors (Lipinski definition) is 1. The molecule has 1 N–H and O–H groups in total. The van der Waals surface area contributed by atoms with Crippen LogP contribution in [0.25, 0.3) is 33.7 Å². The van der Waals surface area contributed by atoms with Gasteiger partial charge in [0.25, 0.3) is 5.56 Å². The molecule has 10 nitrogen and oxygen atoms in total. The minimum absolute atomic E-state index is 0.354. The number of H-pyrrole nitrogens is 1. The zero-order valence-corrected chi connectivity index (χ0v) is 19.6. The number of aryl methyl sites for hydroxylation is 1. The first-order chi connectivity index (χ1) is 17.0. The first kappa shape index (κ1) is 22.2. The number of benzene rings is 2. The van der Waals surface area contributed by atoms with E-state index in [4.69, 9.17) is 0 Å². The standard InChI is InChI=1S/C25H24N8O2/c1-4-5-10-20-26-23-21(24(34)32(3)25(35)31(23)2)33(20)15-16-11-13-17(14-12-16)18-8-6-7-9-19(18)22-27-29-30-28-22/h4-9,11-14H,10,15H2,1-3H3,(H,27,28,29,30). The van der Waals surface area contributed by atoms with E-state index in [0.29, 0.717) is 30.0 Å². The van der Waals surface area contributed by atoms with Crippen LogP contribution in [0.5, 0.6) is 0 Å². The van der Waals surface area contributed by atoms with Crippen molar-refractivity contribution in [1.29, 1.82) is 0 Å². The third-order valence-corrected chi connectivity index (χ3v) is 6.08. The van der Waals surface area contributed by atoms with Gasteiger partial charge >= 0.3 is 5.69 Å². The molecule has 0 atom stereocenters. The van der Waals surface area contributed by atoms with Gasteiger partial charge in [0, 0.05) is 32.6 Å². The van der Waals surface area contributed by atoms with E-state index in [0.717, 1.165) is 32.6 Å². The van der Waals surface area contributed by atoms with Gasteiger partial charge in [-0.25, -0.2) is 9.78 Å². The van der Waals surface area contributed by atoms with E-state index in [-0.39, 0.29) is 5.56 Å². The summed E-state index contributed by atoms with van der Waals surface area (Å²) in [5.41, 5.74) is 3.95. The topological polar surface area (TPSA) is 116 Å². The van der Waals surface area contributed by atoms with Gasteiger partial charge in [0.15, 0.2) is 11.2 Å². The number of allylic oxidation sites excluding steroid dienone is 2. The molecule has 0 unspecified atom stereocenters. The number of nitrogens with zero attached hydrogens (tertiary/aromatic N) is 7. The summed E-state index contributed by atoms with van der Waals surface area (Å²) in [6.07, 6.45) is 4.48. The molecule has 0 spiro atoms. The summed E-state index contributed by atoms with van der Waals surface area (Å²) in [5.74, 6) is 1.26. The molecule has 0 saturated carbocycles. The molecule has 0 aliphatic heterocycles. The van der Waals surface area contributed by atoms with Gasteiger partial charge in [0.05, 0.1) is 0 Å². The van der Waals surface area contributed by atoms with Crippen molar-refractivity contribution in [3.05, 3.63) is 92.9 Å². The van der Waals surface area contributed by atoms with Crippen molar-refractivity contribution in [3.8, 4) is 22.5 Å². The van der Waals surface area contributed by atoms with Crippen molar-refractivity contribution >= 4 is 11.2 Å². The predicted octanol–water partition coefficient (Wildman–Crippen LogP) is 2.45. The highest BCUT2D eigenvalue weighted by molar-refractivity contribution is 5.80. The van der Waals surface area contributed by atoms with E-state index < -0.39 is 5.69 Å². The molecular weight excluding hydrogens is 444 g/mol. The number of imidazole rings is 1. The number of tetrazole rings is 1. The lowest BCUT2D eigenvalue weighted by molar-refractivity contribution is 0.701. The first-order valence-electron chi connectivity index (χ1n) is 11.2. The molecule has 2 aromatic carbocycles. The maximum absolute atomic E-state index is 13.0. The van der Waals surface area contributed by atoms with Crippen molar-refractivity contribution in [1.82, 2.24) is 39.3 Å². The summed E-state index contributed by atoms with van der Waals surface area (Å²) in [5, 5.41) is 14.4. The molecule has 0 radical (unpaired) electrons. The number of hydrogen-bond acceptors (Lipinski definition) is 6. The van der Waals surface area contributed by atoms with Crippen molar-refractivity contribution in [3.63, 3.8) is 0 Å². The number of rotatable bonds is 6. The van der Waals surface area contributed by atoms with Crippen LogP contribution in [0.4, 0.5) is 0 Å². The lowest BCUT2D eigenvalue weighted by Gasteiger charge is -2.11. The molecule has 0 aliphatic rings. The van der Waals surface area contributed by atoms with Crippen LogP contribution in [0.15, 0.2) is 70.3 Å². The largest absolute Gasteiger partial charge is 0.332 e. The maximum atomic E-state index is 13.0. The van der Waals surface area contributed by atoms with Gasteiger partial charge in [0.1, 0.15) is 5.82 Å². The summed E-state index contributed by atoms with van der Waals surface area (Å²) in [6, 6.07) is 16.0. The predicted molar refractivity (Wildman–Crippen MR) is 133 cm³/mol. The Hall–Kier alpha value is -4.60. The van der Waals surface area contributed by atoms with Gasteiger partial charge in [-0.3, -0.25) is 13.9 Å². The highest BCUT2D eigenvalue weighted by Crippen LogP contribution is 2.30. The van der Waals surface area contributed by atoms with Gasteiger partial charge in [0.2, 0.25) is 5.82 Å². The Labute approximate surface area is 200 Å². The van der Waals surface area contributed by atoms with Crippen LogP contribution in [-0.2, 0) is 27.1 Å². The van der Waals surface area contributed by atoms with Crippen LogP contribution < -0.4 is 11.2 Å². The minimum atomic E-state index is -0.394. The summed E-state index contributed by atoms with van der Waals surface area (Å²) in [6.45, 7) is 2.39. The molecule has 5 rings (SSSR count). The second-order valence-electron chi connectivity index (χ2n) is 8.24. The molecule has 10 heteroatoms. The third kappa shape index (κ3) is 3.88. The Balaban J connectivity index is 1.57. The van der Waals surface area contributed by atoms with Crippen LogP contribution in [0, 0.1) is 0 Å². The SMILES string of the molecule is CC=CCc1nc2c(c(=O)n(C)c(=O)n2C)n1Cc1ccc(-c2ccccc2-c2nn[nH]n2)cc1. The van der Waals surface area contributed by atoms with Gasteiger partial charge in [-0.15, -0.1) is 10.2 Å². The van der Waals surface area contributed by atoms with Crippen LogP contribution in [0.3, 0.4) is 0 Å². The monoisotopic (exact) mass is 468 g/mol. The Morgan fingerprint density at radius 1 is 0.971 bits per heavy atom. The minimum Gasteiger partial charge on any atom is -0.317 e. The smallest absolute Gasteiger partial charge is 0.317 e. The highest BCUT2D eigenvalue weighted by Gasteiger charge is 2.19. The molecule has 0 saturated heterocycles. The normalized spacial score (nSPS) is 11.6. The fraction of sp³-hybridized carbons (Fsp3) is 0.200. The highest BCUT2D eigenvalue weighted by atomic mass is 16.2. The number of fused-ring (bicyclic) bond motifs is 1. The van der Waals surface area contributed by atoms with Gasteiger partial charge in [-0.05, 0) is 28.8 Å². The fourth-order valence-electron chi connectivity index (χ4n) is 4.22. The van der Waals surface area contributed by atoms with Gasteiger partial charge in [-0.1, -0.05) is 60.7 Å². The molecule has 0 aliphatic carbocycles. The summed E-state index contributed by atoms with van der Waals surface area (Å²) >= 11 is 0. The zero-order valence-electron chi connectivity index (χ0n) is 19.6. The van der Waals surface area contributed by atoms with Crippen LogP contribution in [0.2, 0.25) is 0 Å². The fourth-order valence-corrected chi connectivity index (χ4v) is 4.22. The molecule has 35 heavy (non-hydrogen) atoms. The molecular formula is C25H24N8O2. The average molecular weight is 469 g/mol. The van der Waals surface area contributed by atoms with Gasteiger partial charge < -0.3 is 4.57 Å². The summed E-state index contributed by atoms with van der Waals surface area (Å²) < 4.78 is 4.45. The Kier molecular flexibility index (Phi) is 5.69. The van der Waals surface area contributed by atoms with Crippen LogP contribution in [0.1, 0.15) is 18.3 Å². The van der Waals surface area contributed by atoms with E-state index >= 15 is 0 Å². The lowest BCUT2D eigenvalue weighted by Crippen LogP contribution is -2.37. The van der Waals surface area contributed by atoms with Crippen molar-refractivity contribution in [2.75, 3.05) is 0 Å². The van der Waals surface area contributed by atoms with Crippen LogP contribution >= 0.6 is 0 Å². The first-order valence-corrected chi connectivity index (χ1v) is 11.2. The molecule has 3 aromatic heterocycles. The quantitative estimate of drug-likeness (QED) is 0.383. The number of nitrogens with one attached hydrogen (secondary N) is 1. The van der Waals surface area contributed by atoms with E-state index in [1.54, 1.807) is 7.05 Å². The molecule has 5 aromatic rings. The Morgan fingerprint density at radius 3 is 2.40 bits per heavy atom. The molecule has 0 bridgehead atoms.